The molecular weight excluding hydrogens is 272 g/mol. The molecule has 0 radical (unpaired) electrons. The molecule has 0 fully saturated rings. The third-order valence-electron chi connectivity index (χ3n) is 3.95. The quantitative estimate of drug-likeness (QED) is 0.850. The van der Waals surface area contributed by atoms with Crippen LogP contribution in [0.25, 0.3) is 0 Å². The summed E-state index contributed by atoms with van der Waals surface area (Å²) in [6.45, 7) is 9.84. The van der Waals surface area contributed by atoms with Crippen LogP contribution < -0.4 is 4.90 Å². The molecule has 1 aromatic carbocycles. The Kier molecular flexibility index (Phi) is 3.69. The van der Waals surface area contributed by atoms with Gasteiger partial charge in [-0.2, -0.15) is 0 Å². The molecule has 0 amide bonds. The fourth-order valence-corrected chi connectivity index (χ4v) is 3.07. The summed E-state index contributed by atoms with van der Waals surface area (Å²) < 4.78 is 0. The van der Waals surface area contributed by atoms with Gasteiger partial charge >= 0.3 is 0 Å². The van der Waals surface area contributed by atoms with Crippen LogP contribution in [-0.4, -0.2) is 24.0 Å². The van der Waals surface area contributed by atoms with Crippen LogP contribution in [-0.2, 0) is 5.60 Å². The van der Waals surface area contributed by atoms with Crippen LogP contribution in [0, 0.1) is 5.41 Å². The van der Waals surface area contributed by atoms with Crippen molar-refractivity contribution in [3.63, 3.8) is 0 Å². The third kappa shape index (κ3) is 2.05. The van der Waals surface area contributed by atoms with Gasteiger partial charge in [0.05, 0.1) is 0 Å². The van der Waals surface area contributed by atoms with Gasteiger partial charge in [0, 0.05) is 36.2 Å². The van der Waals surface area contributed by atoms with Crippen molar-refractivity contribution in [1.29, 1.82) is 0 Å². The number of rotatable bonds is 2. The monoisotopic (exact) mass is 292 g/mol. The third-order valence-corrected chi connectivity index (χ3v) is 3.95. The van der Waals surface area contributed by atoms with Crippen LogP contribution in [0.3, 0.4) is 0 Å². The second kappa shape index (κ2) is 4.90. The Morgan fingerprint density at radius 1 is 1.40 bits per heavy atom. The Bertz CT molecular complexity index is 567. The second-order valence-electron chi connectivity index (χ2n) is 6.26. The molecule has 0 saturated carbocycles. The summed E-state index contributed by atoms with van der Waals surface area (Å²) >= 11 is 0. The first-order valence-electron chi connectivity index (χ1n) is 6.73. The van der Waals surface area contributed by atoms with Gasteiger partial charge in [0.25, 0.3) is 0 Å². The highest BCUT2D eigenvalue weighted by Gasteiger charge is 2.49. The van der Waals surface area contributed by atoms with Gasteiger partial charge in [-0.15, -0.1) is 19.0 Å². The summed E-state index contributed by atoms with van der Waals surface area (Å²) in [5.74, 6) is 0.785. The van der Waals surface area contributed by atoms with E-state index in [4.69, 9.17) is 0 Å². The van der Waals surface area contributed by atoms with Crippen LogP contribution in [0.2, 0.25) is 0 Å². The Morgan fingerprint density at radius 2 is 2.10 bits per heavy atom. The van der Waals surface area contributed by atoms with Gasteiger partial charge in [0.2, 0.25) is 0 Å². The van der Waals surface area contributed by atoms with Crippen LogP contribution in [0.1, 0.15) is 25.8 Å². The van der Waals surface area contributed by atoms with Gasteiger partial charge in [-0.05, 0) is 6.07 Å². The largest absolute Gasteiger partial charge is 0.377 e. The molecule has 2 aliphatic heterocycles. The minimum absolute atomic E-state index is 0. The second-order valence-corrected chi connectivity index (χ2v) is 6.26. The van der Waals surface area contributed by atoms with E-state index in [1.54, 1.807) is 6.08 Å². The average molecular weight is 293 g/mol. The summed E-state index contributed by atoms with van der Waals surface area (Å²) in [6.07, 6.45) is 2.27. The normalized spacial score (nSPS) is 26.1. The van der Waals surface area contributed by atoms with Gasteiger partial charge in [-0.3, -0.25) is 4.99 Å². The number of fused-ring (bicyclic) bond motifs is 3. The maximum atomic E-state index is 11.1. The number of benzene rings is 1. The first-order chi connectivity index (χ1) is 8.98. The zero-order chi connectivity index (χ0) is 13.7. The Labute approximate surface area is 126 Å². The predicted octanol–water partition coefficient (Wildman–Crippen LogP) is 3.13. The minimum Gasteiger partial charge on any atom is -0.377 e. The summed E-state index contributed by atoms with van der Waals surface area (Å²) in [6, 6.07) is 8.04. The SMILES string of the molecule is C=CCC1(O)C2=NCC(C)(C)CN2c2ccccc21.Cl. The van der Waals surface area contributed by atoms with E-state index in [-0.39, 0.29) is 17.8 Å². The first-order valence-corrected chi connectivity index (χ1v) is 6.73. The molecule has 3 nitrogen and oxygen atoms in total. The van der Waals surface area contributed by atoms with E-state index < -0.39 is 5.60 Å². The average Bonchev–Trinajstić information content (AvgIpc) is 2.59. The van der Waals surface area contributed by atoms with Crippen molar-refractivity contribution >= 4 is 23.9 Å². The van der Waals surface area contributed by atoms with Gasteiger partial charge in [-0.1, -0.05) is 38.1 Å². The smallest absolute Gasteiger partial charge is 0.152 e. The summed E-state index contributed by atoms with van der Waals surface area (Å²) in [7, 11) is 0. The number of halogens is 1. The van der Waals surface area contributed by atoms with Crippen molar-refractivity contribution in [3.05, 3.63) is 42.5 Å². The zero-order valence-corrected chi connectivity index (χ0v) is 12.8. The number of para-hydroxylation sites is 1. The predicted molar refractivity (Wildman–Crippen MR) is 85.8 cm³/mol. The molecule has 20 heavy (non-hydrogen) atoms. The standard InChI is InChI=1S/C16H20N2O.ClH/c1-4-9-16(19)12-7-5-6-8-13(12)18-11-15(2,3)10-17-14(16)18;/h4-8,19H,1,9-11H2,2-3H3;1H. The summed E-state index contributed by atoms with van der Waals surface area (Å²) in [4.78, 5) is 6.84. The lowest BCUT2D eigenvalue weighted by molar-refractivity contribution is 0.116. The van der Waals surface area contributed by atoms with Crippen molar-refractivity contribution in [2.45, 2.75) is 25.9 Å². The highest BCUT2D eigenvalue weighted by molar-refractivity contribution is 6.11. The number of hydrogen-bond donors (Lipinski definition) is 1. The van der Waals surface area contributed by atoms with E-state index in [0.29, 0.717) is 6.42 Å². The lowest BCUT2D eigenvalue weighted by Gasteiger charge is -2.37. The molecule has 0 aromatic heterocycles. The molecule has 108 valence electrons. The number of amidine groups is 1. The van der Waals surface area contributed by atoms with Crippen molar-refractivity contribution < 1.29 is 5.11 Å². The molecular formula is C16H21ClN2O. The van der Waals surface area contributed by atoms with Crippen molar-refractivity contribution in [1.82, 2.24) is 0 Å². The van der Waals surface area contributed by atoms with E-state index in [1.807, 2.05) is 18.2 Å². The lowest BCUT2D eigenvalue weighted by Crippen LogP contribution is -2.48. The van der Waals surface area contributed by atoms with Crippen molar-refractivity contribution in [3.8, 4) is 0 Å². The fraction of sp³-hybridized carbons (Fsp3) is 0.438. The van der Waals surface area contributed by atoms with E-state index in [2.05, 4.69) is 36.4 Å². The first kappa shape index (κ1) is 15.1. The minimum atomic E-state index is -1.01. The highest BCUT2D eigenvalue weighted by atomic mass is 35.5. The van der Waals surface area contributed by atoms with Crippen LogP contribution in [0.4, 0.5) is 5.69 Å². The van der Waals surface area contributed by atoms with E-state index in [0.717, 1.165) is 30.2 Å². The number of aliphatic imine (C=N–C) groups is 1. The fourth-order valence-electron chi connectivity index (χ4n) is 3.07. The van der Waals surface area contributed by atoms with E-state index >= 15 is 0 Å². The topological polar surface area (TPSA) is 35.8 Å². The Hall–Kier alpha value is -1.32. The Morgan fingerprint density at radius 3 is 2.80 bits per heavy atom. The van der Waals surface area contributed by atoms with Crippen molar-refractivity contribution in [2.75, 3.05) is 18.0 Å². The van der Waals surface area contributed by atoms with Gasteiger partial charge in [-0.25, -0.2) is 0 Å². The maximum Gasteiger partial charge on any atom is 0.152 e. The van der Waals surface area contributed by atoms with Crippen molar-refractivity contribution in [2.24, 2.45) is 10.4 Å². The molecule has 4 heteroatoms. The van der Waals surface area contributed by atoms with E-state index in [1.165, 1.54) is 0 Å². The molecule has 0 saturated heterocycles. The van der Waals surface area contributed by atoms with Gasteiger partial charge < -0.3 is 10.0 Å². The molecule has 3 rings (SSSR count). The Balaban J connectivity index is 0.00000147. The molecule has 2 heterocycles. The zero-order valence-electron chi connectivity index (χ0n) is 12.0. The van der Waals surface area contributed by atoms with Crippen LogP contribution >= 0.6 is 12.4 Å². The molecule has 0 spiro atoms. The summed E-state index contributed by atoms with van der Waals surface area (Å²) in [5.41, 5.74) is 1.16. The number of hydrogen-bond acceptors (Lipinski definition) is 3. The molecule has 0 bridgehead atoms. The summed E-state index contributed by atoms with van der Waals surface area (Å²) in [5, 5.41) is 11.1. The molecule has 1 unspecified atom stereocenters. The highest BCUT2D eigenvalue weighted by Crippen LogP contribution is 2.45. The maximum absolute atomic E-state index is 11.1. The molecule has 2 aliphatic rings. The van der Waals surface area contributed by atoms with Gasteiger partial charge in [0.15, 0.2) is 5.60 Å². The van der Waals surface area contributed by atoms with E-state index in [9.17, 15) is 5.11 Å². The number of aliphatic hydroxyl groups is 1. The van der Waals surface area contributed by atoms with Crippen LogP contribution in [0.15, 0.2) is 41.9 Å². The molecule has 1 atom stereocenters. The lowest BCUT2D eigenvalue weighted by atomic mass is 9.89. The molecule has 0 aliphatic carbocycles. The van der Waals surface area contributed by atoms with Gasteiger partial charge in [0.1, 0.15) is 5.84 Å². The molecule has 1 aromatic rings. The molecule has 1 N–H and O–H groups in total. The number of nitrogens with zero attached hydrogens (tertiary/aromatic N) is 2. The van der Waals surface area contributed by atoms with Crippen LogP contribution in [0.5, 0.6) is 0 Å². The number of anilines is 1.